The summed E-state index contributed by atoms with van der Waals surface area (Å²) < 4.78 is 0. The molecule has 1 atom stereocenters. The van der Waals surface area contributed by atoms with Crippen LogP contribution in [0.25, 0.3) is 0 Å². The summed E-state index contributed by atoms with van der Waals surface area (Å²) in [6.07, 6.45) is -0.250. The van der Waals surface area contributed by atoms with Crippen molar-refractivity contribution in [3.63, 3.8) is 0 Å². The minimum absolute atomic E-state index is 0.250. The average molecular weight is 176 g/mol. The number of aliphatic hydroxyl groups excluding tert-OH is 1. The summed E-state index contributed by atoms with van der Waals surface area (Å²) in [6.45, 7) is 4.15. The fourth-order valence-electron chi connectivity index (χ4n) is 1.10. The van der Waals surface area contributed by atoms with Crippen molar-refractivity contribution >= 4 is 17.3 Å². The molecule has 4 nitrogen and oxygen atoms in total. The molecule has 1 rings (SSSR count). The number of quaternary nitrogens is 1. The lowest BCUT2D eigenvalue weighted by Gasteiger charge is -2.27. The van der Waals surface area contributed by atoms with Gasteiger partial charge in [0.2, 0.25) is 0 Å². The molecule has 0 bridgehead atoms. The van der Waals surface area contributed by atoms with Gasteiger partial charge in [-0.1, -0.05) is 0 Å². The Morgan fingerprint density at radius 3 is 2.64 bits per heavy atom. The first-order valence-corrected chi connectivity index (χ1v) is 4.12. The molecule has 0 aromatic heterocycles. The zero-order valence-corrected chi connectivity index (χ0v) is 7.37. The number of hydrogen-bond acceptors (Lipinski definition) is 2. The van der Waals surface area contributed by atoms with Gasteiger partial charge in [0.25, 0.3) is 0 Å². The van der Waals surface area contributed by atoms with Crippen LogP contribution in [0.3, 0.4) is 0 Å². The number of thiocarbonyl (C=S) groups is 1. The van der Waals surface area contributed by atoms with Crippen molar-refractivity contribution in [3.8, 4) is 0 Å². The van der Waals surface area contributed by atoms with Gasteiger partial charge in [0.1, 0.15) is 12.6 Å². The Morgan fingerprint density at radius 2 is 2.18 bits per heavy atom. The van der Waals surface area contributed by atoms with E-state index < -0.39 is 0 Å². The second kappa shape index (κ2) is 3.85. The highest BCUT2D eigenvalue weighted by Gasteiger charge is 2.15. The molecule has 4 N–H and O–H groups in total. The van der Waals surface area contributed by atoms with Crippen molar-refractivity contribution in [1.29, 1.82) is 0 Å². The fraction of sp³-hybridized carbons (Fsp3) is 0.833. The third-order valence-corrected chi connectivity index (χ3v) is 1.87. The van der Waals surface area contributed by atoms with E-state index in [-0.39, 0.29) is 6.10 Å². The minimum Gasteiger partial charge on any atom is -0.388 e. The zero-order chi connectivity index (χ0) is 8.27. The van der Waals surface area contributed by atoms with E-state index in [4.69, 9.17) is 17.3 Å². The van der Waals surface area contributed by atoms with Gasteiger partial charge < -0.3 is 15.7 Å². The first kappa shape index (κ1) is 8.70. The molecule has 0 amide bonds. The second-order valence-electron chi connectivity index (χ2n) is 2.84. The molecule has 5 heteroatoms. The van der Waals surface area contributed by atoms with Crippen molar-refractivity contribution in [2.75, 3.05) is 19.9 Å². The predicted molar refractivity (Wildman–Crippen MR) is 46.1 cm³/mol. The fourth-order valence-corrected chi connectivity index (χ4v) is 1.24. The maximum absolute atomic E-state index is 9.06. The SMILES string of the molecule is C[C@@H](O)C[NH+]1CNC(=S)NC1. The first-order valence-electron chi connectivity index (χ1n) is 3.72. The Labute approximate surface area is 71.6 Å². The van der Waals surface area contributed by atoms with Crippen LogP contribution >= 0.6 is 12.2 Å². The summed E-state index contributed by atoms with van der Waals surface area (Å²) in [4.78, 5) is 1.27. The van der Waals surface area contributed by atoms with Crippen LogP contribution in [0.5, 0.6) is 0 Å². The van der Waals surface area contributed by atoms with Crippen molar-refractivity contribution in [2.24, 2.45) is 0 Å². The Hall–Kier alpha value is -0.390. The van der Waals surface area contributed by atoms with Gasteiger partial charge in [0.05, 0.1) is 0 Å². The minimum atomic E-state index is -0.250. The van der Waals surface area contributed by atoms with E-state index >= 15 is 0 Å². The van der Waals surface area contributed by atoms with Gasteiger partial charge >= 0.3 is 0 Å². The molecule has 11 heavy (non-hydrogen) atoms. The quantitative estimate of drug-likeness (QED) is 0.356. The number of hydrogen-bond donors (Lipinski definition) is 4. The molecule has 0 spiro atoms. The van der Waals surface area contributed by atoms with E-state index in [0.717, 1.165) is 19.9 Å². The largest absolute Gasteiger partial charge is 0.388 e. The van der Waals surface area contributed by atoms with Gasteiger partial charge in [0.15, 0.2) is 18.4 Å². The standard InChI is InChI=1S/C6H13N3OS/c1-5(10)2-9-3-7-6(11)8-4-9/h5,10H,2-4H2,1H3,(H2,7,8,11)/p+1/t5-/m1/s1. The lowest BCUT2D eigenvalue weighted by Crippen LogP contribution is -3.18. The Bertz CT molecular complexity index is 141. The normalized spacial score (nSPS) is 22.2. The number of rotatable bonds is 2. The van der Waals surface area contributed by atoms with Crippen molar-refractivity contribution in [2.45, 2.75) is 13.0 Å². The highest BCUT2D eigenvalue weighted by atomic mass is 32.1. The van der Waals surface area contributed by atoms with Crippen molar-refractivity contribution in [3.05, 3.63) is 0 Å². The van der Waals surface area contributed by atoms with Gasteiger partial charge in [-0.3, -0.25) is 4.90 Å². The molecule has 0 saturated carbocycles. The van der Waals surface area contributed by atoms with Crippen molar-refractivity contribution < 1.29 is 10.0 Å². The molecule has 1 fully saturated rings. The van der Waals surface area contributed by atoms with Crippen LogP contribution in [0, 0.1) is 0 Å². The molecule has 0 aromatic carbocycles. The molecule has 0 unspecified atom stereocenters. The highest BCUT2D eigenvalue weighted by molar-refractivity contribution is 7.80. The van der Waals surface area contributed by atoms with Crippen LogP contribution in [0.15, 0.2) is 0 Å². The molecule has 1 saturated heterocycles. The van der Waals surface area contributed by atoms with E-state index in [1.165, 1.54) is 4.90 Å². The van der Waals surface area contributed by atoms with Gasteiger partial charge in [-0.15, -0.1) is 0 Å². The van der Waals surface area contributed by atoms with Gasteiger partial charge in [-0.25, -0.2) is 0 Å². The summed E-state index contributed by atoms with van der Waals surface area (Å²) in [6, 6.07) is 0. The maximum atomic E-state index is 9.06. The molecule has 1 aliphatic heterocycles. The van der Waals surface area contributed by atoms with Crippen LogP contribution in [-0.2, 0) is 0 Å². The smallest absolute Gasteiger partial charge is 0.174 e. The zero-order valence-electron chi connectivity index (χ0n) is 6.55. The highest BCUT2D eigenvalue weighted by Crippen LogP contribution is 1.71. The summed E-state index contributed by atoms with van der Waals surface area (Å²) in [7, 11) is 0. The molecular formula is C6H14N3OS+. The molecule has 1 heterocycles. The molecule has 0 aliphatic carbocycles. The Morgan fingerprint density at radius 1 is 1.64 bits per heavy atom. The van der Waals surface area contributed by atoms with Crippen LogP contribution < -0.4 is 15.5 Å². The lowest BCUT2D eigenvalue weighted by molar-refractivity contribution is -0.909. The van der Waals surface area contributed by atoms with Gasteiger partial charge in [-0.2, -0.15) is 0 Å². The summed E-state index contributed by atoms with van der Waals surface area (Å²) >= 11 is 4.87. The molecule has 64 valence electrons. The topological polar surface area (TPSA) is 48.7 Å². The number of aliphatic hydroxyl groups is 1. The predicted octanol–water partition coefficient (Wildman–Crippen LogP) is -2.36. The first-order chi connectivity index (χ1) is 5.18. The van der Waals surface area contributed by atoms with Gasteiger partial charge in [0, 0.05) is 0 Å². The third-order valence-electron chi connectivity index (χ3n) is 1.58. The molecule has 1 aliphatic rings. The second-order valence-corrected chi connectivity index (χ2v) is 3.25. The Kier molecular flexibility index (Phi) is 3.04. The van der Waals surface area contributed by atoms with Crippen LogP contribution in [0.2, 0.25) is 0 Å². The van der Waals surface area contributed by atoms with E-state index in [1.54, 1.807) is 6.92 Å². The summed E-state index contributed by atoms with van der Waals surface area (Å²) in [5, 5.41) is 15.8. The summed E-state index contributed by atoms with van der Waals surface area (Å²) in [5.41, 5.74) is 0. The molecule has 0 aromatic rings. The lowest BCUT2D eigenvalue weighted by atomic mass is 10.4. The number of nitrogens with one attached hydrogen (secondary N) is 3. The monoisotopic (exact) mass is 176 g/mol. The maximum Gasteiger partial charge on any atom is 0.174 e. The van der Waals surface area contributed by atoms with E-state index in [9.17, 15) is 0 Å². The third kappa shape index (κ3) is 3.00. The molecular weight excluding hydrogens is 162 g/mol. The van der Waals surface area contributed by atoms with E-state index in [2.05, 4.69) is 10.6 Å². The average Bonchev–Trinajstić information content (AvgIpc) is 1.93. The summed E-state index contributed by atoms with van der Waals surface area (Å²) in [5.74, 6) is 0. The van der Waals surface area contributed by atoms with E-state index in [1.807, 2.05) is 0 Å². The van der Waals surface area contributed by atoms with Gasteiger partial charge in [-0.05, 0) is 19.1 Å². The van der Waals surface area contributed by atoms with Crippen LogP contribution in [0.4, 0.5) is 0 Å². The van der Waals surface area contributed by atoms with Crippen LogP contribution in [0.1, 0.15) is 6.92 Å². The van der Waals surface area contributed by atoms with Crippen molar-refractivity contribution in [1.82, 2.24) is 10.6 Å². The van der Waals surface area contributed by atoms with E-state index in [0.29, 0.717) is 5.11 Å². The Balaban J connectivity index is 2.22. The molecule has 0 radical (unpaired) electrons. The van der Waals surface area contributed by atoms with Crippen LogP contribution in [-0.4, -0.2) is 36.2 Å².